The molecule has 3 nitrogen and oxygen atoms in total. The molecule has 1 radical (unpaired) electrons. The van der Waals surface area contributed by atoms with Crippen molar-refractivity contribution in [1.82, 2.24) is 9.97 Å². The third kappa shape index (κ3) is 10.4. The van der Waals surface area contributed by atoms with Crippen molar-refractivity contribution in [2.75, 3.05) is 0 Å². The number of rotatable bonds is 12. The third-order valence-electron chi connectivity index (χ3n) is 12.0. The van der Waals surface area contributed by atoms with Gasteiger partial charge in [-0.1, -0.05) is 133 Å². The predicted octanol–water partition coefficient (Wildman–Crippen LogP) is 16.7. The molecule has 10 aromatic rings. The van der Waals surface area contributed by atoms with Crippen LogP contribution >= 0.6 is 0 Å². The van der Waals surface area contributed by atoms with Gasteiger partial charge in [-0.15, -0.1) is 108 Å². The second kappa shape index (κ2) is 22.1. The van der Waals surface area contributed by atoms with Gasteiger partial charge in [0.2, 0.25) is 0 Å². The Balaban J connectivity index is 0.00000321. The van der Waals surface area contributed by atoms with Crippen LogP contribution in [0.1, 0.15) is 18.1 Å². The fourth-order valence-corrected chi connectivity index (χ4v) is 8.68. The Labute approximate surface area is 420 Å². The van der Waals surface area contributed by atoms with Crippen LogP contribution in [0.3, 0.4) is 0 Å². The minimum atomic E-state index is 0. The van der Waals surface area contributed by atoms with E-state index in [0.29, 0.717) is 5.56 Å². The number of allylic oxidation sites excluding steroid dienone is 4. The summed E-state index contributed by atoms with van der Waals surface area (Å²) in [6.45, 7) is 2.03. The van der Waals surface area contributed by atoms with Crippen LogP contribution in [0.5, 0.6) is 0 Å². The number of hydrogen-bond donors (Lipinski definition) is 0. The zero-order chi connectivity index (χ0) is 45.4. The van der Waals surface area contributed by atoms with E-state index in [1.54, 1.807) is 12.1 Å². The Hall–Kier alpha value is -8.14. The van der Waals surface area contributed by atoms with Crippen molar-refractivity contribution in [2.45, 2.75) is 6.92 Å². The summed E-state index contributed by atoms with van der Waals surface area (Å²) >= 11 is 0. The number of aromatic nitrogens is 2. The maximum atomic E-state index is 11.1. The molecule has 0 unspecified atom stereocenters. The molecule has 10 rings (SSSR count). The predicted molar refractivity (Wildman–Crippen MR) is 285 cm³/mol. The topological polar surface area (TPSA) is 48.1 Å². The van der Waals surface area contributed by atoms with Gasteiger partial charge in [0.05, 0.1) is 0 Å². The van der Waals surface area contributed by atoms with E-state index < -0.39 is 0 Å². The van der Waals surface area contributed by atoms with Crippen molar-refractivity contribution in [3.8, 4) is 89.3 Å². The summed E-state index contributed by atoms with van der Waals surface area (Å²) in [6.07, 6.45) is 9.79. The number of nitrogens with zero attached hydrogens (tertiary/aromatic N) is 3. The van der Waals surface area contributed by atoms with Crippen LogP contribution in [0.4, 0.5) is 0 Å². The Kier molecular flexibility index (Phi) is 15.2. The molecular formula is C65H46IrN3-5. The maximum Gasteiger partial charge on any atom is 0.0245 e. The van der Waals surface area contributed by atoms with Gasteiger partial charge in [-0.3, -0.25) is 0 Å². The van der Waals surface area contributed by atoms with E-state index in [2.05, 4.69) is 170 Å². The normalized spacial score (nSPS) is 11.1. The molecule has 0 bridgehead atoms. The third-order valence-corrected chi connectivity index (χ3v) is 12.0. The molecule has 69 heavy (non-hydrogen) atoms. The van der Waals surface area contributed by atoms with Crippen LogP contribution in [0.25, 0.3) is 100 Å². The van der Waals surface area contributed by atoms with E-state index in [4.69, 9.17) is 9.97 Å². The molecule has 0 atom stereocenters. The molecule has 0 spiro atoms. The Morgan fingerprint density at radius 3 is 1.54 bits per heavy atom. The second-order valence-corrected chi connectivity index (χ2v) is 16.1. The van der Waals surface area contributed by atoms with Crippen LogP contribution in [0, 0.1) is 25.6 Å². The molecule has 0 N–H and O–H groups in total. The molecule has 4 heteroatoms. The van der Waals surface area contributed by atoms with E-state index in [1.807, 2.05) is 86.1 Å². The van der Waals surface area contributed by atoms with E-state index >= 15 is 0 Å². The number of benzene rings is 8. The van der Waals surface area contributed by atoms with Gasteiger partial charge in [0, 0.05) is 38.1 Å². The molecule has 335 valence electrons. The van der Waals surface area contributed by atoms with E-state index in [0.717, 1.165) is 100 Å². The summed E-state index contributed by atoms with van der Waals surface area (Å²) in [5.74, 6) is 0. The van der Waals surface area contributed by atoms with Crippen LogP contribution in [0.15, 0.2) is 243 Å². The fraction of sp³-hybridized carbons (Fsp3) is 0.0154. The molecule has 0 fully saturated rings. The molecule has 2 heterocycles. The maximum absolute atomic E-state index is 11.1. The van der Waals surface area contributed by atoms with Crippen molar-refractivity contribution >= 4 is 11.3 Å². The van der Waals surface area contributed by atoms with Crippen LogP contribution in [-0.2, 0) is 20.1 Å². The molecular weight excluding hydrogens is 1010 g/mol. The van der Waals surface area contributed by atoms with Gasteiger partial charge in [0.1, 0.15) is 0 Å². The molecule has 0 amide bonds. The summed E-state index contributed by atoms with van der Waals surface area (Å²) < 4.78 is 0. The zero-order valence-corrected chi connectivity index (χ0v) is 40.7. The van der Waals surface area contributed by atoms with E-state index in [1.165, 1.54) is 0 Å². The van der Waals surface area contributed by atoms with E-state index in [-0.39, 0.29) is 33.2 Å². The summed E-state index contributed by atoms with van der Waals surface area (Å²) in [6, 6.07) is 82.7. The van der Waals surface area contributed by atoms with Gasteiger partial charge in [-0.05, 0) is 109 Å². The second-order valence-electron chi connectivity index (χ2n) is 16.1. The molecule has 0 aliphatic carbocycles. The fourth-order valence-electron chi connectivity index (χ4n) is 8.68. The average molecular weight is 1060 g/mol. The van der Waals surface area contributed by atoms with Crippen LogP contribution in [-0.4, -0.2) is 15.7 Å². The summed E-state index contributed by atoms with van der Waals surface area (Å²) in [5.41, 5.74) is 19.2. The molecule has 8 aromatic carbocycles. The summed E-state index contributed by atoms with van der Waals surface area (Å²) in [7, 11) is 0. The first-order chi connectivity index (χ1) is 33.1. The quantitative estimate of drug-likeness (QED) is 0.0695. The minimum absolute atomic E-state index is 0. The van der Waals surface area contributed by atoms with Gasteiger partial charge >= 0.3 is 0 Å². The Morgan fingerprint density at radius 1 is 0.420 bits per heavy atom. The first kappa shape index (κ1) is 47.4. The van der Waals surface area contributed by atoms with Gasteiger partial charge in [0.25, 0.3) is 0 Å². The standard InChI is InChI=1S/C64H43N3.CH3.Ir/c1-2-45(35-37-62(65)47-23-9-4-10-24-47)54-29-15-17-31-56(54)51-39-52(57-32-18-16-30-55(57)50-36-38-63(66-43-50)48-25-11-5-12-26-48)41-53(40-51)58-33-19-20-34-59(58)61-44-67-64(49-27-13-6-14-28-49)42-60(61)46-21-7-3-8-22-46;;/h2-23,25,27,29-44H,1H3;1H3;/q-4;-1;/b37-35-,45-2+;;. The average Bonchev–Trinajstić information content (AvgIpc) is 3.42. The molecule has 0 aliphatic heterocycles. The van der Waals surface area contributed by atoms with Gasteiger partial charge in [0.15, 0.2) is 0 Å². The first-order valence-corrected chi connectivity index (χ1v) is 22.4. The smallest absolute Gasteiger partial charge is 0.0245 e. The van der Waals surface area contributed by atoms with Gasteiger partial charge < -0.3 is 22.8 Å². The number of hydrogen-bond acceptors (Lipinski definition) is 2. The molecule has 0 saturated heterocycles. The van der Waals surface area contributed by atoms with Crippen molar-refractivity contribution in [3.05, 3.63) is 285 Å². The van der Waals surface area contributed by atoms with Crippen molar-refractivity contribution in [3.63, 3.8) is 0 Å². The van der Waals surface area contributed by atoms with Crippen molar-refractivity contribution in [2.24, 2.45) is 0 Å². The Morgan fingerprint density at radius 2 is 0.942 bits per heavy atom. The monoisotopic (exact) mass is 1060 g/mol. The Bertz CT molecular complexity index is 3400. The largest absolute Gasteiger partial charge is 0.855 e. The van der Waals surface area contributed by atoms with Crippen LogP contribution < -0.4 is 0 Å². The van der Waals surface area contributed by atoms with Crippen molar-refractivity contribution < 1.29 is 20.1 Å². The van der Waals surface area contributed by atoms with Crippen LogP contribution in [0.2, 0.25) is 0 Å². The number of pyridine rings is 2. The van der Waals surface area contributed by atoms with Gasteiger partial charge in [-0.25, -0.2) is 5.71 Å². The summed E-state index contributed by atoms with van der Waals surface area (Å²) in [5, 5.41) is 11.1. The molecule has 2 aromatic heterocycles. The minimum Gasteiger partial charge on any atom is -0.855 e. The van der Waals surface area contributed by atoms with Crippen molar-refractivity contribution in [1.29, 1.82) is 0 Å². The molecule has 0 aliphatic rings. The first-order valence-electron chi connectivity index (χ1n) is 22.4. The zero-order valence-electron chi connectivity index (χ0n) is 38.3. The molecule has 0 saturated carbocycles. The SMILES string of the molecule is C/C=C(\C=C/C(=[N-])c1[c-]cccc1)c1ccccc1-c1cc(-c2ccccc2-c2ccc(-c3[c-]cccc3)nc2)cc(-c2ccccc2-c2cnc(-c3[c-]cccc3)cc2-c2ccccc2)c1.[CH3-].[Ir]. The summed E-state index contributed by atoms with van der Waals surface area (Å²) in [4.78, 5) is 9.97. The van der Waals surface area contributed by atoms with Gasteiger partial charge in [-0.2, -0.15) is 5.56 Å². The van der Waals surface area contributed by atoms with E-state index in [9.17, 15) is 5.41 Å².